The van der Waals surface area contributed by atoms with Crippen LogP contribution in [0.4, 0.5) is 5.69 Å². The summed E-state index contributed by atoms with van der Waals surface area (Å²) in [4.78, 5) is 12.2. The van der Waals surface area contributed by atoms with E-state index in [1.54, 1.807) is 42.1 Å². The molecule has 0 atom stereocenters. The summed E-state index contributed by atoms with van der Waals surface area (Å²) in [7, 11) is 1.60. The van der Waals surface area contributed by atoms with Crippen LogP contribution in [0, 0.1) is 0 Å². The van der Waals surface area contributed by atoms with Crippen molar-refractivity contribution in [2.45, 2.75) is 5.16 Å². The number of anilines is 1. The first-order valence-corrected chi connectivity index (χ1v) is 9.11. The zero-order valence-electron chi connectivity index (χ0n) is 13.5. The molecule has 0 unspecified atom stereocenters. The minimum absolute atomic E-state index is 0.121. The van der Waals surface area contributed by atoms with E-state index < -0.39 is 0 Å². The van der Waals surface area contributed by atoms with Gasteiger partial charge in [-0.25, -0.2) is 0 Å². The first kappa shape index (κ1) is 18.5. The lowest BCUT2D eigenvalue weighted by molar-refractivity contribution is -0.113. The molecule has 1 heterocycles. The topological polar surface area (TPSA) is 81.9 Å². The van der Waals surface area contributed by atoms with Gasteiger partial charge in [0.25, 0.3) is 0 Å². The Bertz CT molecular complexity index is 917. The van der Waals surface area contributed by atoms with Gasteiger partial charge in [-0.1, -0.05) is 35.0 Å². The molecule has 0 radical (unpaired) electrons. The van der Waals surface area contributed by atoms with E-state index in [-0.39, 0.29) is 11.7 Å². The second-order valence-corrected chi connectivity index (χ2v) is 6.82. The third-order valence-corrected chi connectivity index (χ3v) is 4.76. The third-order valence-electron chi connectivity index (χ3n) is 3.30. The summed E-state index contributed by atoms with van der Waals surface area (Å²) in [5, 5.41) is 15.7. The molecule has 3 aromatic rings. The van der Waals surface area contributed by atoms with Crippen LogP contribution in [-0.2, 0) is 4.79 Å². The molecule has 26 heavy (non-hydrogen) atoms. The van der Waals surface area contributed by atoms with Crippen molar-refractivity contribution in [3.63, 3.8) is 0 Å². The molecule has 0 fully saturated rings. The Morgan fingerprint density at radius 3 is 2.69 bits per heavy atom. The highest BCUT2D eigenvalue weighted by Crippen LogP contribution is 2.26. The van der Waals surface area contributed by atoms with Gasteiger partial charge >= 0.3 is 0 Å². The molecule has 1 aromatic heterocycles. The Morgan fingerprint density at radius 1 is 1.23 bits per heavy atom. The summed E-state index contributed by atoms with van der Waals surface area (Å²) >= 11 is 13.1. The number of carbonyl (C=O) groups is 1. The van der Waals surface area contributed by atoms with E-state index in [4.69, 9.17) is 27.9 Å². The zero-order chi connectivity index (χ0) is 18.5. The standard InChI is InChI=1S/C16H13Cl2N5O2S/c1-25-12-5-3-11(4-6-12)23-16(20-21-22-23)26-9-15(24)19-14-7-2-10(17)8-13(14)18/h2-8H,9H2,1H3,(H,19,24). The van der Waals surface area contributed by atoms with Crippen LogP contribution in [0.3, 0.4) is 0 Å². The van der Waals surface area contributed by atoms with Gasteiger partial charge in [0.1, 0.15) is 5.75 Å². The first-order valence-electron chi connectivity index (χ1n) is 7.37. The van der Waals surface area contributed by atoms with Gasteiger partial charge in [0.15, 0.2) is 0 Å². The molecular formula is C16H13Cl2N5O2S. The van der Waals surface area contributed by atoms with Crippen molar-refractivity contribution in [1.29, 1.82) is 0 Å². The molecule has 0 aliphatic carbocycles. The van der Waals surface area contributed by atoms with Crippen LogP contribution >= 0.6 is 35.0 Å². The number of nitrogens with one attached hydrogen (secondary N) is 1. The predicted octanol–water partition coefficient (Wildman–Crippen LogP) is 3.71. The van der Waals surface area contributed by atoms with Crippen LogP contribution in [0.5, 0.6) is 5.75 Å². The number of thioether (sulfide) groups is 1. The number of hydrogen-bond acceptors (Lipinski definition) is 6. The second kappa shape index (κ2) is 8.39. The number of ether oxygens (including phenoxy) is 1. The molecule has 7 nitrogen and oxygen atoms in total. The summed E-state index contributed by atoms with van der Waals surface area (Å²) in [5.74, 6) is 0.619. The Hall–Kier alpha value is -2.29. The summed E-state index contributed by atoms with van der Waals surface area (Å²) in [6.45, 7) is 0. The third kappa shape index (κ3) is 4.46. The molecule has 134 valence electrons. The Morgan fingerprint density at radius 2 is 2.00 bits per heavy atom. The van der Waals surface area contributed by atoms with Crippen LogP contribution in [0.2, 0.25) is 10.0 Å². The van der Waals surface area contributed by atoms with Crippen molar-refractivity contribution in [1.82, 2.24) is 20.2 Å². The number of amides is 1. The SMILES string of the molecule is COc1ccc(-n2nnnc2SCC(=O)Nc2ccc(Cl)cc2Cl)cc1. The van der Waals surface area contributed by atoms with E-state index in [1.165, 1.54) is 11.8 Å². The lowest BCUT2D eigenvalue weighted by atomic mass is 10.3. The Kier molecular flexibility index (Phi) is 5.97. The second-order valence-electron chi connectivity index (χ2n) is 5.03. The quantitative estimate of drug-likeness (QED) is 0.624. The van der Waals surface area contributed by atoms with E-state index >= 15 is 0 Å². The highest BCUT2D eigenvalue weighted by Gasteiger charge is 2.13. The molecular weight excluding hydrogens is 397 g/mol. The van der Waals surface area contributed by atoms with Gasteiger partial charge in [0.2, 0.25) is 11.1 Å². The molecule has 0 aliphatic rings. The molecule has 3 rings (SSSR count). The molecule has 2 aromatic carbocycles. The van der Waals surface area contributed by atoms with Crippen molar-refractivity contribution in [3.8, 4) is 11.4 Å². The number of tetrazole rings is 1. The number of rotatable bonds is 6. The minimum atomic E-state index is -0.233. The lowest BCUT2D eigenvalue weighted by Crippen LogP contribution is -2.15. The fourth-order valence-corrected chi connectivity index (χ4v) is 3.21. The molecule has 0 spiro atoms. The zero-order valence-corrected chi connectivity index (χ0v) is 15.8. The molecule has 0 saturated heterocycles. The smallest absolute Gasteiger partial charge is 0.234 e. The molecule has 0 bridgehead atoms. The molecule has 10 heteroatoms. The van der Waals surface area contributed by atoms with Gasteiger partial charge < -0.3 is 10.1 Å². The van der Waals surface area contributed by atoms with Crippen LogP contribution in [0.1, 0.15) is 0 Å². The largest absolute Gasteiger partial charge is 0.497 e. The molecule has 0 saturated carbocycles. The number of carbonyl (C=O) groups excluding carboxylic acids is 1. The van der Waals surface area contributed by atoms with Crippen molar-refractivity contribution in [3.05, 3.63) is 52.5 Å². The number of benzene rings is 2. The van der Waals surface area contributed by atoms with Gasteiger partial charge in [0.05, 0.1) is 29.3 Å². The summed E-state index contributed by atoms with van der Waals surface area (Å²) in [5.41, 5.74) is 1.26. The van der Waals surface area contributed by atoms with Gasteiger partial charge in [-0.15, -0.1) is 5.10 Å². The van der Waals surface area contributed by atoms with E-state index in [0.717, 1.165) is 11.4 Å². The average Bonchev–Trinajstić information content (AvgIpc) is 3.11. The highest BCUT2D eigenvalue weighted by atomic mass is 35.5. The maximum absolute atomic E-state index is 12.2. The maximum Gasteiger partial charge on any atom is 0.234 e. The normalized spacial score (nSPS) is 10.6. The van der Waals surface area contributed by atoms with Crippen LogP contribution < -0.4 is 10.1 Å². The van der Waals surface area contributed by atoms with Crippen molar-refractivity contribution < 1.29 is 9.53 Å². The Labute approximate surface area is 163 Å². The summed E-state index contributed by atoms with van der Waals surface area (Å²) in [6.07, 6.45) is 0. The molecule has 1 N–H and O–H groups in total. The van der Waals surface area contributed by atoms with Crippen LogP contribution in [0.25, 0.3) is 5.69 Å². The van der Waals surface area contributed by atoms with Gasteiger partial charge in [-0.3, -0.25) is 4.79 Å². The maximum atomic E-state index is 12.2. The van der Waals surface area contributed by atoms with Crippen molar-refractivity contribution in [2.75, 3.05) is 18.2 Å². The van der Waals surface area contributed by atoms with Gasteiger partial charge in [-0.2, -0.15) is 4.68 Å². The fourth-order valence-electron chi connectivity index (χ4n) is 2.06. The van der Waals surface area contributed by atoms with Gasteiger partial charge in [0, 0.05) is 5.02 Å². The Balaban J connectivity index is 1.64. The number of halogens is 2. The van der Waals surface area contributed by atoms with Gasteiger partial charge in [-0.05, 0) is 52.9 Å². The van der Waals surface area contributed by atoms with Crippen molar-refractivity contribution >= 4 is 46.6 Å². The number of methoxy groups -OCH3 is 1. The lowest BCUT2D eigenvalue weighted by Gasteiger charge is -2.08. The van der Waals surface area contributed by atoms with E-state index in [9.17, 15) is 4.79 Å². The number of aromatic nitrogens is 4. The molecule has 1 amide bonds. The highest BCUT2D eigenvalue weighted by molar-refractivity contribution is 7.99. The average molecular weight is 410 g/mol. The van der Waals surface area contributed by atoms with Crippen molar-refractivity contribution in [2.24, 2.45) is 0 Å². The van der Waals surface area contributed by atoms with E-state index in [2.05, 4.69) is 20.8 Å². The van der Waals surface area contributed by atoms with Crippen LogP contribution in [0.15, 0.2) is 47.6 Å². The first-order chi connectivity index (χ1) is 12.6. The fraction of sp³-hybridized carbons (Fsp3) is 0.125. The number of hydrogen-bond donors (Lipinski definition) is 1. The predicted molar refractivity (Wildman–Crippen MR) is 102 cm³/mol. The number of nitrogens with zero attached hydrogens (tertiary/aromatic N) is 4. The van der Waals surface area contributed by atoms with E-state index in [0.29, 0.717) is 20.9 Å². The van der Waals surface area contributed by atoms with Crippen LogP contribution in [-0.4, -0.2) is 39.0 Å². The monoisotopic (exact) mass is 409 g/mol. The minimum Gasteiger partial charge on any atom is -0.497 e. The van der Waals surface area contributed by atoms with E-state index in [1.807, 2.05) is 12.1 Å². The summed E-state index contributed by atoms with van der Waals surface area (Å²) in [6, 6.07) is 12.1. The molecule has 0 aliphatic heterocycles. The summed E-state index contributed by atoms with van der Waals surface area (Å²) < 4.78 is 6.68.